The number of hydrogen-bond donors (Lipinski definition) is 1. The number of thiazole rings is 1. The number of halogens is 2. The van der Waals surface area contributed by atoms with Gasteiger partial charge in [0.15, 0.2) is 11.5 Å². The summed E-state index contributed by atoms with van der Waals surface area (Å²) < 4.78 is 11.2. The van der Waals surface area contributed by atoms with Crippen molar-refractivity contribution in [1.29, 1.82) is 0 Å². The number of rotatable bonds is 8. The number of carbonyl (C=O) groups excluding carboxylic acids is 1. The van der Waals surface area contributed by atoms with Crippen molar-refractivity contribution in [2.75, 3.05) is 12.0 Å². The molecule has 0 spiro atoms. The van der Waals surface area contributed by atoms with Crippen molar-refractivity contribution < 1.29 is 14.3 Å². The average molecular weight is 526 g/mol. The quantitative estimate of drug-likeness (QED) is 0.111. The van der Waals surface area contributed by atoms with Crippen LogP contribution in [0.4, 0.5) is 5.13 Å². The van der Waals surface area contributed by atoms with Crippen molar-refractivity contribution in [1.82, 2.24) is 4.98 Å². The average Bonchev–Trinajstić information content (AvgIpc) is 3.23. The number of carbonyl (C=O) groups is 1. The fourth-order valence-electron chi connectivity index (χ4n) is 3.21. The molecule has 0 atom stereocenters. The van der Waals surface area contributed by atoms with Gasteiger partial charge < -0.3 is 9.47 Å². The number of esters is 1. The Bertz CT molecular complexity index is 1370. The molecule has 3 aromatic carbocycles. The summed E-state index contributed by atoms with van der Waals surface area (Å²) in [6.45, 7) is 4.28. The predicted octanol–water partition coefficient (Wildman–Crippen LogP) is 7.49. The number of nitrogens with one attached hydrogen (secondary N) is 1. The van der Waals surface area contributed by atoms with Crippen LogP contribution in [0.5, 0.6) is 11.5 Å². The van der Waals surface area contributed by atoms with Crippen molar-refractivity contribution in [3.8, 4) is 22.8 Å². The van der Waals surface area contributed by atoms with Gasteiger partial charge >= 0.3 is 5.97 Å². The van der Waals surface area contributed by atoms with E-state index in [-0.39, 0.29) is 16.3 Å². The highest BCUT2D eigenvalue weighted by molar-refractivity contribution is 7.16. The van der Waals surface area contributed by atoms with Gasteiger partial charge in [-0.25, -0.2) is 9.78 Å². The first-order valence-electron chi connectivity index (χ1n) is 10.7. The molecule has 0 fully saturated rings. The molecular weight excluding hydrogens is 505 g/mol. The number of aromatic nitrogens is 1. The monoisotopic (exact) mass is 525 g/mol. The first-order chi connectivity index (χ1) is 16.9. The normalized spacial score (nSPS) is 11.0. The molecule has 9 heteroatoms. The Morgan fingerprint density at radius 3 is 2.60 bits per heavy atom. The zero-order valence-corrected chi connectivity index (χ0v) is 21.2. The van der Waals surface area contributed by atoms with Crippen LogP contribution in [-0.2, 0) is 0 Å². The number of nitrogens with zero attached hydrogens (tertiary/aromatic N) is 2. The topological polar surface area (TPSA) is 72.8 Å². The maximum absolute atomic E-state index is 12.6. The van der Waals surface area contributed by atoms with Gasteiger partial charge in [0.2, 0.25) is 5.13 Å². The van der Waals surface area contributed by atoms with Crippen LogP contribution in [0.2, 0.25) is 10.0 Å². The van der Waals surface area contributed by atoms with Crippen LogP contribution in [0.25, 0.3) is 11.3 Å². The summed E-state index contributed by atoms with van der Waals surface area (Å²) in [5.74, 6) is 0.137. The van der Waals surface area contributed by atoms with E-state index in [1.54, 1.807) is 36.5 Å². The summed E-state index contributed by atoms with van der Waals surface area (Å²) >= 11 is 13.5. The van der Waals surface area contributed by atoms with Gasteiger partial charge in [-0.05, 0) is 55.8 Å². The summed E-state index contributed by atoms with van der Waals surface area (Å²) in [5.41, 5.74) is 6.01. The van der Waals surface area contributed by atoms with E-state index in [1.165, 1.54) is 17.4 Å². The summed E-state index contributed by atoms with van der Waals surface area (Å²) in [4.78, 5) is 18.3. The molecule has 6 nitrogen and oxygen atoms in total. The zero-order chi connectivity index (χ0) is 24.8. The highest BCUT2D eigenvalue weighted by Gasteiger charge is 2.15. The summed E-state index contributed by atoms with van der Waals surface area (Å²) in [6.07, 6.45) is 1.64. The Hall–Kier alpha value is -3.39. The van der Waals surface area contributed by atoms with E-state index in [0.29, 0.717) is 22.5 Å². The Balaban J connectivity index is 1.46. The molecule has 178 valence electrons. The molecule has 0 radical (unpaired) electrons. The summed E-state index contributed by atoms with van der Waals surface area (Å²) in [6, 6.07) is 19.7. The minimum atomic E-state index is -0.569. The minimum absolute atomic E-state index is 0.275. The Morgan fingerprint density at radius 1 is 1.06 bits per heavy atom. The molecule has 0 bridgehead atoms. The lowest BCUT2D eigenvalue weighted by Gasteiger charge is -2.11. The van der Waals surface area contributed by atoms with Crippen LogP contribution in [0.15, 0.2) is 71.8 Å². The number of ether oxygens (including phenoxy) is 2. The predicted molar refractivity (Wildman–Crippen MR) is 143 cm³/mol. The van der Waals surface area contributed by atoms with Gasteiger partial charge in [-0.2, -0.15) is 5.10 Å². The highest BCUT2D eigenvalue weighted by Crippen LogP contribution is 2.31. The molecule has 0 aliphatic heterocycles. The lowest BCUT2D eigenvalue weighted by Crippen LogP contribution is -2.10. The van der Waals surface area contributed by atoms with E-state index < -0.39 is 5.97 Å². The van der Waals surface area contributed by atoms with Gasteiger partial charge in [-0.1, -0.05) is 53.5 Å². The Morgan fingerprint density at radius 2 is 1.86 bits per heavy atom. The van der Waals surface area contributed by atoms with E-state index in [2.05, 4.69) is 15.5 Å². The number of anilines is 1. The van der Waals surface area contributed by atoms with Gasteiger partial charge in [0.05, 0.1) is 34.1 Å². The lowest BCUT2D eigenvalue weighted by molar-refractivity contribution is 0.0728. The molecule has 0 saturated carbocycles. The molecule has 1 aromatic heterocycles. The molecule has 0 saturated heterocycles. The maximum Gasteiger partial charge on any atom is 0.343 e. The van der Waals surface area contributed by atoms with Crippen LogP contribution in [0, 0.1) is 6.92 Å². The molecule has 0 amide bonds. The first-order valence-corrected chi connectivity index (χ1v) is 12.3. The molecule has 1 heterocycles. The summed E-state index contributed by atoms with van der Waals surface area (Å²) in [5, 5.41) is 5.62. The number of benzene rings is 3. The third kappa shape index (κ3) is 6.19. The fraction of sp³-hybridized carbons (Fsp3) is 0.115. The van der Waals surface area contributed by atoms with E-state index in [0.717, 1.165) is 21.7 Å². The van der Waals surface area contributed by atoms with Crippen molar-refractivity contribution in [3.05, 3.63) is 92.8 Å². The number of hydrazone groups is 1. The summed E-state index contributed by atoms with van der Waals surface area (Å²) in [7, 11) is 0. The van der Waals surface area contributed by atoms with Gasteiger partial charge in [0.1, 0.15) is 0 Å². The Labute approximate surface area is 217 Å². The highest BCUT2D eigenvalue weighted by atomic mass is 35.5. The van der Waals surface area contributed by atoms with Crippen molar-refractivity contribution in [2.24, 2.45) is 5.10 Å². The molecule has 0 aliphatic rings. The second-order valence-corrected chi connectivity index (χ2v) is 9.34. The van der Waals surface area contributed by atoms with Gasteiger partial charge in [0.25, 0.3) is 0 Å². The van der Waals surface area contributed by atoms with Crippen LogP contribution in [0.3, 0.4) is 0 Å². The SMILES string of the molecule is CCOc1cc(/C=N\Nc2nc(-c3ccccc3)c(C)s2)ccc1OC(=O)c1ccc(Cl)c(Cl)c1. The van der Waals surface area contributed by atoms with Crippen LogP contribution >= 0.6 is 34.5 Å². The van der Waals surface area contributed by atoms with Crippen molar-refractivity contribution in [2.45, 2.75) is 13.8 Å². The molecular formula is C26H21Cl2N3O3S. The molecule has 4 rings (SSSR count). The van der Waals surface area contributed by atoms with Gasteiger partial charge in [0, 0.05) is 10.4 Å². The van der Waals surface area contributed by atoms with Gasteiger partial charge in [-0.3, -0.25) is 5.43 Å². The largest absolute Gasteiger partial charge is 0.490 e. The van der Waals surface area contributed by atoms with Crippen molar-refractivity contribution >= 4 is 51.9 Å². The second-order valence-electron chi connectivity index (χ2n) is 7.32. The minimum Gasteiger partial charge on any atom is -0.490 e. The first kappa shape index (κ1) is 24.7. The third-order valence-electron chi connectivity index (χ3n) is 4.84. The smallest absolute Gasteiger partial charge is 0.343 e. The van der Waals surface area contributed by atoms with E-state index in [9.17, 15) is 4.79 Å². The standard InChI is InChI=1S/C26H21Cl2N3O3S/c1-3-33-23-13-17(9-12-22(23)34-25(32)19-10-11-20(27)21(28)14-19)15-29-31-26-30-24(16(2)35-26)18-7-5-4-6-8-18/h4-15H,3H2,1-2H3,(H,30,31)/b29-15-. The van der Waals surface area contributed by atoms with Crippen LogP contribution in [0.1, 0.15) is 27.7 Å². The van der Waals surface area contributed by atoms with Gasteiger partial charge in [-0.15, -0.1) is 11.3 Å². The van der Waals surface area contributed by atoms with Crippen molar-refractivity contribution in [3.63, 3.8) is 0 Å². The van der Waals surface area contributed by atoms with E-state index in [1.807, 2.05) is 44.2 Å². The lowest BCUT2D eigenvalue weighted by atomic mass is 10.1. The molecule has 0 unspecified atom stereocenters. The zero-order valence-electron chi connectivity index (χ0n) is 18.9. The third-order valence-corrected chi connectivity index (χ3v) is 6.46. The molecule has 4 aromatic rings. The van der Waals surface area contributed by atoms with E-state index >= 15 is 0 Å². The molecule has 1 N–H and O–H groups in total. The number of hydrogen-bond acceptors (Lipinski definition) is 7. The van der Waals surface area contributed by atoms with E-state index in [4.69, 9.17) is 32.7 Å². The second kappa shape index (κ2) is 11.4. The fourth-order valence-corrected chi connectivity index (χ4v) is 4.29. The van der Waals surface area contributed by atoms with Crippen LogP contribution in [-0.4, -0.2) is 23.8 Å². The maximum atomic E-state index is 12.6. The number of aryl methyl sites for hydroxylation is 1. The molecule has 0 aliphatic carbocycles. The molecule has 35 heavy (non-hydrogen) atoms. The Kier molecular flexibility index (Phi) is 8.02. The van der Waals surface area contributed by atoms with Crippen LogP contribution < -0.4 is 14.9 Å².